The summed E-state index contributed by atoms with van der Waals surface area (Å²) in [6.07, 6.45) is 7.48. The summed E-state index contributed by atoms with van der Waals surface area (Å²) in [6, 6.07) is 7.96. The van der Waals surface area contributed by atoms with E-state index in [-0.39, 0.29) is 18.0 Å². The molecule has 1 aliphatic rings. The zero-order chi connectivity index (χ0) is 16.0. The molecule has 0 N–H and O–H groups in total. The monoisotopic (exact) mass is 309 g/mol. The molecule has 0 radical (unpaired) electrons. The summed E-state index contributed by atoms with van der Waals surface area (Å²) in [4.78, 5) is 19.4. The van der Waals surface area contributed by atoms with Crippen molar-refractivity contribution in [1.82, 2.24) is 14.3 Å². The maximum Gasteiger partial charge on any atom is 0.274 e. The average molecular weight is 309 g/mol. The predicted octanol–water partition coefficient (Wildman–Crippen LogP) is 3.60. The number of hydrogen-bond donors (Lipinski definition) is 0. The van der Waals surface area contributed by atoms with Gasteiger partial charge in [-0.3, -0.25) is 4.79 Å². The Morgan fingerprint density at radius 3 is 2.96 bits per heavy atom. The number of furan rings is 1. The summed E-state index contributed by atoms with van der Waals surface area (Å²) in [5.74, 6) is 0.780. The first-order valence-electron chi connectivity index (χ1n) is 7.95. The van der Waals surface area contributed by atoms with E-state index in [9.17, 15) is 4.79 Å². The van der Waals surface area contributed by atoms with Gasteiger partial charge in [0, 0.05) is 18.4 Å². The maximum absolute atomic E-state index is 13.0. The molecule has 5 nitrogen and oxygen atoms in total. The Morgan fingerprint density at radius 2 is 2.26 bits per heavy atom. The van der Waals surface area contributed by atoms with Crippen LogP contribution in [0.3, 0.4) is 0 Å². The quantitative estimate of drug-likeness (QED) is 0.740. The van der Waals surface area contributed by atoms with Crippen LogP contribution < -0.4 is 0 Å². The topological polar surface area (TPSA) is 50.8 Å². The number of hydrogen-bond acceptors (Lipinski definition) is 3. The largest absolute Gasteiger partial charge is 0.467 e. The molecule has 1 saturated carbocycles. The molecule has 1 atom stereocenters. The number of fused-ring (bicyclic) bond motifs is 1. The first kappa shape index (κ1) is 14.1. The Bertz CT molecular complexity index is 846. The summed E-state index contributed by atoms with van der Waals surface area (Å²) >= 11 is 0. The van der Waals surface area contributed by atoms with Crippen molar-refractivity contribution >= 4 is 11.6 Å². The minimum absolute atomic E-state index is 0.0299. The fourth-order valence-corrected chi connectivity index (χ4v) is 3.00. The number of carbonyl (C=O) groups is 1. The number of aromatic nitrogens is 2. The molecule has 1 fully saturated rings. The van der Waals surface area contributed by atoms with Crippen LogP contribution in [0.5, 0.6) is 0 Å². The molecule has 23 heavy (non-hydrogen) atoms. The van der Waals surface area contributed by atoms with Gasteiger partial charge in [-0.05, 0) is 56.5 Å². The maximum atomic E-state index is 13.0. The van der Waals surface area contributed by atoms with Crippen molar-refractivity contribution in [3.8, 4) is 0 Å². The smallest absolute Gasteiger partial charge is 0.274 e. The van der Waals surface area contributed by atoms with E-state index < -0.39 is 0 Å². The molecule has 3 aromatic heterocycles. The van der Waals surface area contributed by atoms with Gasteiger partial charge in [0.2, 0.25) is 0 Å². The van der Waals surface area contributed by atoms with Gasteiger partial charge in [0.1, 0.15) is 17.1 Å². The van der Waals surface area contributed by atoms with Crippen molar-refractivity contribution in [3.63, 3.8) is 0 Å². The number of nitrogens with zero attached hydrogens (tertiary/aromatic N) is 3. The van der Waals surface area contributed by atoms with Gasteiger partial charge in [-0.25, -0.2) is 4.98 Å². The zero-order valence-electron chi connectivity index (χ0n) is 13.3. The lowest BCUT2D eigenvalue weighted by atomic mass is 10.2. The molecule has 3 aromatic rings. The van der Waals surface area contributed by atoms with Crippen molar-refractivity contribution < 1.29 is 9.21 Å². The third-order valence-electron chi connectivity index (χ3n) is 4.38. The highest BCUT2D eigenvalue weighted by Crippen LogP contribution is 2.35. The number of rotatable bonds is 4. The summed E-state index contributed by atoms with van der Waals surface area (Å²) in [5, 5.41) is 0. The van der Waals surface area contributed by atoms with Crippen LogP contribution in [0.1, 0.15) is 47.6 Å². The Morgan fingerprint density at radius 1 is 1.43 bits per heavy atom. The second-order valence-electron chi connectivity index (χ2n) is 6.23. The van der Waals surface area contributed by atoms with Crippen molar-refractivity contribution in [2.75, 3.05) is 0 Å². The number of carbonyl (C=O) groups excluding carboxylic acids is 1. The van der Waals surface area contributed by atoms with Gasteiger partial charge < -0.3 is 13.7 Å². The van der Waals surface area contributed by atoms with Gasteiger partial charge in [-0.1, -0.05) is 0 Å². The van der Waals surface area contributed by atoms with E-state index in [1.54, 1.807) is 12.5 Å². The fourth-order valence-electron chi connectivity index (χ4n) is 3.00. The second kappa shape index (κ2) is 5.26. The van der Waals surface area contributed by atoms with Gasteiger partial charge >= 0.3 is 0 Å². The van der Waals surface area contributed by atoms with Crippen molar-refractivity contribution in [2.45, 2.75) is 38.8 Å². The highest BCUT2D eigenvalue weighted by Gasteiger charge is 2.38. The standard InChI is InChI=1S/C18H19N3O2/c1-12-7-8-20-11-15(19-17(20)10-12)18(22)21(14-5-6-14)13(2)16-4-3-9-23-16/h3-4,7-11,13-14H,5-6H2,1-2H3/t13-/m1/s1. The summed E-state index contributed by atoms with van der Waals surface area (Å²) in [5.41, 5.74) is 2.42. The second-order valence-corrected chi connectivity index (χ2v) is 6.23. The lowest BCUT2D eigenvalue weighted by molar-refractivity contribution is 0.0647. The normalized spacial score (nSPS) is 15.7. The molecular formula is C18H19N3O2. The molecule has 0 aromatic carbocycles. The number of amides is 1. The van der Waals surface area contributed by atoms with Crippen LogP contribution in [0.25, 0.3) is 5.65 Å². The number of pyridine rings is 1. The lowest BCUT2D eigenvalue weighted by Crippen LogP contribution is -2.35. The van der Waals surface area contributed by atoms with Crippen LogP contribution in [-0.2, 0) is 0 Å². The lowest BCUT2D eigenvalue weighted by Gasteiger charge is -2.27. The SMILES string of the molecule is Cc1ccn2cc(C(=O)N(C3CC3)[C@H](C)c3ccco3)nc2c1. The van der Waals surface area contributed by atoms with Crippen LogP contribution >= 0.6 is 0 Å². The van der Waals surface area contributed by atoms with E-state index in [1.165, 1.54) is 0 Å². The highest BCUT2D eigenvalue weighted by molar-refractivity contribution is 5.93. The molecule has 5 heteroatoms. The van der Waals surface area contributed by atoms with Crippen LogP contribution in [0.15, 0.2) is 47.3 Å². The summed E-state index contributed by atoms with van der Waals surface area (Å²) in [6.45, 7) is 4.03. The third-order valence-corrected chi connectivity index (χ3v) is 4.38. The van der Waals surface area contributed by atoms with Gasteiger partial charge in [-0.2, -0.15) is 0 Å². The molecule has 4 rings (SSSR count). The third kappa shape index (κ3) is 2.52. The Labute approximate surface area is 134 Å². The van der Waals surface area contributed by atoms with Gasteiger partial charge in [0.25, 0.3) is 5.91 Å². The summed E-state index contributed by atoms with van der Waals surface area (Å²) < 4.78 is 7.39. The van der Waals surface area contributed by atoms with Crippen molar-refractivity contribution in [2.24, 2.45) is 0 Å². The molecule has 1 amide bonds. The van der Waals surface area contributed by atoms with Gasteiger partial charge in [0.05, 0.1) is 12.3 Å². The van der Waals surface area contributed by atoms with Crippen LogP contribution in [0, 0.1) is 6.92 Å². The summed E-state index contributed by atoms with van der Waals surface area (Å²) in [7, 11) is 0. The van der Waals surface area contributed by atoms with Crippen molar-refractivity contribution in [1.29, 1.82) is 0 Å². The van der Waals surface area contributed by atoms with Gasteiger partial charge in [0.15, 0.2) is 0 Å². The predicted molar refractivity (Wildman–Crippen MR) is 86.2 cm³/mol. The first-order valence-corrected chi connectivity index (χ1v) is 7.95. The first-order chi connectivity index (χ1) is 11.1. The van der Waals surface area contributed by atoms with Gasteiger partial charge in [-0.15, -0.1) is 0 Å². The fraction of sp³-hybridized carbons (Fsp3) is 0.333. The van der Waals surface area contributed by atoms with Crippen LogP contribution in [0.2, 0.25) is 0 Å². The molecule has 0 saturated heterocycles. The molecule has 0 unspecified atom stereocenters. The van der Waals surface area contributed by atoms with E-state index in [4.69, 9.17) is 4.42 Å². The molecule has 0 spiro atoms. The Kier molecular flexibility index (Phi) is 3.22. The molecule has 3 heterocycles. The van der Waals surface area contributed by atoms with Crippen LogP contribution in [-0.4, -0.2) is 26.2 Å². The van der Waals surface area contributed by atoms with Crippen molar-refractivity contribution in [3.05, 3.63) is 59.9 Å². The highest BCUT2D eigenvalue weighted by atomic mass is 16.3. The van der Waals surface area contributed by atoms with E-state index in [2.05, 4.69) is 4.98 Å². The zero-order valence-corrected chi connectivity index (χ0v) is 13.3. The minimum Gasteiger partial charge on any atom is -0.467 e. The molecule has 1 aliphatic carbocycles. The average Bonchev–Trinajstić information content (AvgIpc) is 3.05. The van der Waals surface area contributed by atoms with E-state index in [0.29, 0.717) is 5.69 Å². The molecule has 0 aliphatic heterocycles. The minimum atomic E-state index is -0.0865. The van der Waals surface area contributed by atoms with E-state index in [1.807, 2.05) is 53.6 Å². The molecular weight excluding hydrogens is 290 g/mol. The molecule has 0 bridgehead atoms. The number of imidazole rings is 1. The Hall–Kier alpha value is -2.56. The molecule has 118 valence electrons. The Balaban J connectivity index is 1.69. The van der Waals surface area contributed by atoms with Crippen LogP contribution in [0.4, 0.5) is 0 Å². The van der Waals surface area contributed by atoms with E-state index in [0.717, 1.165) is 29.8 Å². The number of aryl methyl sites for hydroxylation is 1. The van der Waals surface area contributed by atoms with E-state index >= 15 is 0 Å².